The molecule has 0 bridgehead atoms. The second kappa shape index (κ2) is 15.6. The van der Waals surface area contributed by atoms with Gasteiger partial charge in [0, 0.05) is 17.6 Å². The lowest BCUT2D eigenvalue weighted by molar-refractivity contribution is -0.140. The normalized spacial score (nSPS) is 12.6. The smallest absolute Gasteiger partial charge is 0.264 e. The first-order chi connectivity index (χ1) is 20.5. The van der Waals surface area contributed by atoms with Crippen molar-refractivity contribution in [1.82, 2.24) is 10.2 Å². The third-order valence-electron chi connectivity index (χ3n) is 6.99. The average molecular weight is 630 g/mol. The Labute approximate surface area is 259 Å². The summed E-state index contributed by atoms with van der Waals surface area (Å²) in [6.45, 7) is 7.23. The molecule has 11 heteroatoms. The third-order valence-corrected chi connectivity index (χ3v) is 9.01. The highest BCUT2D eigenvalue weighted by molar-refractivity contribution is 7.92. The van der Waals surface area contributed by atoms with Gasteiger partial charge in [0.1, 0.15) is 24.1 Å². The largest absolute Gasteiger partial charge is 0.497 e. The van der Waals surface area contributed by atoms with Crippen LogP contribution in [0.15, 0.2) is 77.7 Å². The van der Waals surface area contributed by atoms with Crippen LogP contribution in [0.1, 0.15) is 46.1 Å². The van der Waals surface area contributed by atoms with Gasteiger partial charge in [0.25, 0.3) is 10.0 Å². The topological polar surface area (TPSA) is 105 Å². The van der Waals surface area contributed by atoms with E-state index in [2.05, 4.69) is 5.32 Å². The number of sulfonamides is 1. The number of ether oxygens (including phenoxy) is 2. The Bertz CT molecular complexity index is 1480. The fourth-order valence-corrected chi connectivity index (χ4v) is 6.07. The number of methoxy groups -OCH3 is 1. The van der Waals surface area contributed by atoms with Gasteiger partial charge in [0.15, 0.2) is 0 Å². The molecule has 2 unspecified atom stereocenters. The summed E-state index contributed by atoms with van der Waals surface area (Å²) in [6, 6.07) is 18.6. The molecule has 0 aliphatic rings. The van der Waals surface area contributed by atoms with Crippen molar-refractivity contribution in [2.45, 2.75) is 64.1 Å². The van der Waals surface area contributed by atoms with Crippen molar-refractivity contribution in [3.05, 3.63) is 83.4 Å². The standard InChI is InChI=1S/C32H40ClN3O6S/c1-6-23(4)34-32(38)28(7-2)35(21-24-12-11-13-26(20-24)41-5)31(37)22-36(29-14-9-10-15-30(29)42-8-3)43(39,40)27-18-16-25(33)17-19-27/h9-20,23,28H,6-8,21-22H2,1-5H3,(H,34,38). The zero-order valence-corrected chi connectivity index (χ0v) is 26.8. The van der Waals surface area contributed by atoms with E-state index in [1.165, 1.54) is 29.2 Å². The van der Waals surface area contributed by atoms with Gasteiger partial charge in [-0.3, -0.25) is 13.9 Å². The molecule has 0 aromatic heterocycles. The van der Waals surface area contributed by atoms with E-state index in [1.807, 2.05) is 26.8 Å². The van der Waals surface area contributed by atoms with Crippen molar-refractivity contribution < 1.29 is 27.5 Å². The van der Waals surface area contributed by atoms with Crippen molar-refractivity contribution >= 4 is 39.1 Å². The van der Waals surface area contributed by atoms with Crippen LogP contribution in [0.2, 0.25) is 5.02 Å². The second-order valence-corrected chi connectivity index (χ2v) is 12.3. The summed E-state index contributed by atoms with van der Waals surface area (Å²) in [4.78, 5) is 29.1. The first-order valence-corrected chi connectivity index (χ1v) is 16.1. The SMILES string of the molecule is CCOc1ccccc1N(CC(=O)N(Cc1cccc(OC)c1)C(CC)C(=O)NC(C)CC)S(=O)(=O)c1ccc(Cl)cc1. The summed E-state index contributed by atoms with van der Waals surface area (Å²) in [5, 5.41) is 3.35. The van der Waals surface area contributed by atoms with Crippen LogP contribution >= 0.6 is 11.6 Å². The Kier molecular flexibility index (Phi) is 12.3. The predicted molar refractivity (Wildman–Crippen MR) is 169 cm³/mol. The number of anilines is 1. The maximum absolute atomic E-state index is 14.3. The van der Waals surface area contributed by atoms with Crippen LogP contribution in [0, 0.1) is 0 Å². The van der Waals surface area contributed by atoms with Gasteiger partial charge in [-0.2, -0.15) is 0 Å². The lowest BCUT2D eigenvalue weighted by atomic mass is 10.1. The Morgan fingerprint density at radius 1 is 0.953 bits per heavy atom. The fraction of sp³-hybridized carbons (Fsp3) is 0.375. The van der Waals surface area contributed by atoms with Gasteiger partial charge in [-0.15, -0.1) is 0 Å². The number of benzene rings is 3. The average Bonchev–Trinajstić information content (AvgIpc) is 3.00. The van der Waals surface area contributed by atoms with Crippen LogP contribution in [0.25, 0.3) is 0 Å². The minimum Gasteiger partial charge on any atom is -0.497 e. The molecular formula is C32H40ClN3O6S. The molecule has 0 saturated carbocycles. The van der Waals surface area contributed by atoms with Crippen molar-refractivity contribution in [2.75, 3.05) is 24.6 Å². The summed E-state index contributed by atoms with van der Waals surface area (Å²) < 4.78 is 40.4. The molecule has 2 amide bonds. The lowest BCUT2D eigenvalue weighted by Crippen LogP contribution is -2.53. The molecule has 0 radical (unpaired) electrons. The summed E-state index contributed by atoms with van der Waals surface area (Å²) in [5.41, 5.74) is 0.926. The molecule has 1 N–H and O–H groups in total. The number of nitrogens with zero attached hydrogens (tertiary/aromatic N) is 2. The molecule has 0 aliphatic heterocycles. The fourth-order valence-electron chi connectivity index (χ4n) is 4.52. The maximum atomic E-state index is 14.3. The van der Waals surface area contributed by atoms with E-state index in [-0.39, 0.29) is 35.7 Å². The number of para-hydroxylation sites is 2. The summed E-state index contributed by atoms with van der Waals surface area (Å²) >= 11 is 6.04. The van der Waals surface area contributed by atoms with E-state index in [0.717, 1.165) is 9.87 Å². The van der Waals surface area contributed by atoms with E-state index in [9.17, 15) is 18.0 Å². The Hall–Kier alpha value is -3.76. The van der Waals surface area contributed by atoms with Crippen LogP contribution in [0.4, 0.5) is 5.69 Å². The molecule has 2 atom stereocenters. The van der Waals surface area contributed by atoms with Crippen LogP contribution < -0.4 is 19.1 Å². The van der Waals surface area contributed by atoms with E-state index < -0.39 is 28.5 Å². The Morgan fingerprint density at radius 3 is 2.28 bits per heavy atom. The van der Waals surface area contributed by atoms with Crippen LogP contribution in [-0.4, -0.2) is 57.5 Å². The first kappa shape index (κ1) is 33.7. The molecule has 43 heavy (non-hydrogen) atoms. The molecule has 9 nitrogen and oxygen atoms in total. The minimum atomic E-state index is -4.27. The van der Waals surface area contributed by atoms with Gasteiger partial charge in [-0.1, -0.05) is 49.7 Å². The molecule has 0 spiro atoms. The quantitative estimate of drug-likeness (QED) is 0.232. The van der Waals surface area contributed by atoms with Gasteiger partial charge in [0.2, 0.25) is 11.8 Å². The highest BCUT2D eigenvalue weighted by atomic mass is 35.5. The molecular weight excluding hydrogens is 590 g/mol. The molecule has 3 aromatic carbocycles. The molecule has 232 valence electrons. The van der Waals surface area contributed by atoms with E-state index in [1.54, 1.807) is 56.5 Å². The van der Waals surface area contributed by atoms with Crippen LogP contribution in [-0.2, 0) is 26.2 Å². The highest BCUT2D eigenvalue weighted by Crippen LogP contribution is 2.33. The van der Waals surface area contributed by atoms with Crippen molar-refractivity contribution in [1.29, 1.82) is 0 Å². The van der Waals surface area contributed by atoms with Crippen molar-refractivity contribution in [3.63, 3.8) is 0 Å². The zero-order chi connectivity index (χ0) is 31.6. The molecule has 0 saturated heterocycles. The minimum absolute atomic E-state index is 0.0445. The lowest BCUT2D eigenvalue weighted by Gasteiger charge is -2.34. The molecule has 0 heterocycles. The highest BCUT2D eigenvalue weighted by Gasteiger charge is 2.35. The monoisotopic (exact) mass is 629 g/mol. The zero-order valence-electron chi connectivity index (χ0n) is 25.2. The van der Waals surface area contributed by atoms with Crippen molar-refractivity contribution in [2.24, 2.45) is 0 Å². The first-order valence-electron chi connectivity index (χ1n) is 14.3. The predicted octanol–water partition coefficient (Wildman–Crippen LogP) is 5.66. The second-order valence-electron chi connectivity index (χ2n) is 9.98. The van der Waals surface area contributed by atoms with Gasteiger partial charge in [-0.25, -0.2) is 8.42 Å². The molecule has 3 rings (SSSR count). The van der Waals surface area contributed by atoms with Crippen molar-refractivity contribution in [3.8, 4) is 11.5 Å². The number of hydrogen-bond acceptors (Lipinski definition) is 6. The number of hydrogen-bond donors (Lipinski definition) is 1. The van der Waals surface area contributed by atoms with E-state index in [4.69, 9.17) is 21.1 Å². The number of rotatable bonds is 15. The van der Waals surface area contributed by atoms with Gasteiger partial charge >= 0.3 is 0 Å². The number of carbonyl (C=O) groups is 2. The Balaban J connectivity index is 2.12. The Morgan fingerprint density at radius 2 is 1.65 bits per heavy atom. The maximum Gasteiger partial charge on any atom is 0.264 e. The number of carbonyl (C=O) groups excluding carboxylic acids is 2. The molecule has 3 aromatic rings. The van der Waals surface area contributed by atoms with E-state index in [0.29, 0.717) is 29.4 Å². The number of nitrogens with one attached hydrogen (secondary N) is 1. The summed E-state index contributed by atoms with van der Waals surface area (Å²) in [6.07, 6.45) is 1.03. The van der Waals surface area contributed by atoms with E-state index >= 15 is 0 Å². The molecule has 0 fully saturated rings. The number of halogens is 1. The third kappa shape index (κ3) is 8.64. The van der Waals surface area contributed by atoms with Gasteiger partial charge < -0.3 is 19.7 Å². The van der Waals surface area contributed by atoms with Crippen LogP contribution in [0.5, 0.6) is 11.5 Å². The van der Waals surface area contributed by atoms with Gasteiger partial charge in [0.05, 0.1) is 24.3 Å². The van der Waals surface area contributed by atoms with Crippen LogP contribution in [0.3, 0.4) is 0 Å². The molecule has 0 aliphatic carbocycles. The van der Waals surface area contributed by atoms with Gasteiger partial charge in [-0.05, 0) is 80.8 Å². The summed E-state index contributed by atoms with van der Waals surface area (Å²) in [5.74, 6) is 0.0311. The number of amides is 2. The summed E-state index contributed by atoms with van der Waals surface area (Å²) in [7, 11) is -2.73.